The normalized spacial score (nSPS) is 15.2. The SMILES string of the molecule is CCCN1C(=O)Cn2c(nc(-c3ccc(F)cc3)c2Nc2ccc(F)cc2)C1(C)C. The number of fused-ring (bicyclic) bond motifs is 1. The van der Waals surface area contributed by atoms with E-state index < -0.39 is 5.54 Å². The van der Waals surface area contributed by atoms with E-state index in [4.69, 9.17) is 4.98 Å². The molecule has 0 bridgehead atoms. The molecule has 0 unspecified atom stereocenters. The van der Waals surface area contributed by atoms with Crippen LogP contribution >= 0.6 is 0 Å². The molecule has 1 aliphatic rings. The van der Waals surface area contributed by atoms with Crippen LogP contribution in [0.2, 0.25) is 0 Å². The van der Waals surface area contributed by atoms with Crippen LogP contribution in [-0.4, -0.2) is 26.9 Å². The Balaban J connectivity index is 1.88. The number of imidazole rings is 1. The van der Waals surface area contributed by atoms with Crippen molar-refractivity contribution in [2.45, 2.75) is 39.3 Å². The van der Waals surface area contributed by atoms with Gasteiger partial charge in [0.2, 0.25) is 5.91 Å². The maximum Gasteiger partial charge on any atom is 0.243 e. The number of carbonyl (C=O) groups excluding carboxylic acids is 1. The summed E-state index contributed by atoms with van der Waals surface area (Å²) in [6.07, 6.45) is 0.849. The monoisotopic (exact) mass is 410 g/mol. The van der Waals surface area contributed by atoms with Crippen molar-refractivity contribution in [3.63, 3.8) is 0 Å². The summed E-state index contributed by atoms with van der Waals surface area (Å²) in [6, 6.07) is 12.1. The molecule has 1 N–H and O–H groups in total. The van der Waals surface area contributed by atoms with E-state index in [1.165, 1.54) is 24.3 Å². The van der Waals surface area contributed by atoms with Gasteiger partial charge in [-0.3, -0.25) is 4.79 Å². The second kappa shape index (κ2) is 7.55. The van der Waals surface area contributed by atoms with E-state index in [1.807, 2.05) is 30.2 Å². The van der Waals surface area contributed by atoms with Crippen LogP contribution in [-0.2, 0) is 16.9 Å². The van der Waals surface area contributed by atoms with Crippen LogP contribution < -0.4 is 5.32 Å². The Kier molecular flexibility index (Phi) is 5.05. The highest BCUT2D eigenvalue weighted by Gasteiger charge is 2.42. The van der Waals surface area contributed by atoms with Gasteiger partial charge in [0.05, 0.1) is 5.54 Å². The van der Waals surface area contributed by atoms with Gasteiger partial charge in [-0.05, 0) is 68.8 Å². The van der Waals surface area contributed by atoms with Crippen molar-refractivity contribution in [3.8, 4) is 11.3 Å². The van der Waals surface area contributed by atoms with E-state index in [0.29, 0.717) is 23.7 Å². The number of benzene rings is 2. The van der Waals surface area contributed by atoms with Crippen molar-refractivity contribution >= 4 is 17.4 Å². The number of nitrogens with zero attached hydrogens (tertiary/aromatic N) is 3. The van der Waals surface area contributed by atoms with E-state index in [0.717, 1.165) is 17.8 Å². The second-order valence-corrected chi connectivity index (χ2v) is 7.96. The average molecular weight is 410 g/mol. The Morgan fingerprint density at radius 3 is 2.23 bits per heavy atom. The highest BCUT2D eigenvalue weighted by Crippen LogP contribution is 2.39. The molecule has 2 heterocycles. The van der Waals surface area contributed by atoms with Crippen molar-refractivity contribution in [1.82, 2.24) is 14.5 Å². The molecule has 7 heteroatoms. The van der Waals surface area contributed by atoms with Crippen LogP contribution in [0.3, 0.4) is 0 Å². The van der Waals surface area contributed by atoms with Crippen LogP contribution in [0.5, 0.6) is 0 Å². The molecule has 0 spiro atoms. The van der Waals surface area contributed by atoms with Crippen molar-refractivity contribution in [3.05, 3.63) is 66.0 Å². The van der Waals surface area contributed by atoms with E-state index in [2.05, 4.69) is 5.32 Å². The number of hydrogen-bond acceptors (Lipinski definition) is 3. The first-order valence-electron chi connectivity index (χ1n) is 10.0. The minimum Gasteiger partial charge on any atom is -0.340 e. The predicted molar refractivity (Wildman–Crippen MR) is 112 cm³/mol. The average Bonchev–Trinajstić information content (AvgIpc) is 3.06. The van der Waals surface area contributed by atoms with Gasteiger partial charge in [0.25, 0.3) is 0 Å². The zero-order chi connectivity index (χ0) is 21.5. The minimum atomic E-state index is -0.608. The van der Waals surface area contributed by atoms with Gasteiger partial charge in [0.15, 0.2) is 0 Å². The first-order valence-corrected chi connectivity index (χ1v) is 10.0. The number of anilines is 2. The largest absolute Gasteiger partial charge is 0.340 e. The number of aromatic nitrogens is 2. The molecule has 5 nitrogen and oxygen atoms in total. The Bertz CT molecular complexity index is 1070. The Morgan fingerprint density at radius 2 is 1.63 bits per heavy atom. The summed E-state index contributed by atoms with van der Waals surface area (Å²) in [6.45, 7) is 6.79. The fraction of sp³-hybridized carbons (Fsp3) is 0.304. The van der Waals surface area contributed by atoms with Crippen LogP contribution in [0.15, 0.2) is 48.5 Å². The molecular formula is C23H24F2N4O. The lowest BCUT2D eigenvalue weighted by atomic mass is 9.98. The molecule has 0 radical (unpaired) electrons. The van der Waals surface area contributed by atoms with Gasteiger partial charge in [-0.25, -0.2) is 13.8 Å². The summed E-state index contributed by atoms with van der Waals surface area (Å²) in [5.74, 6) is 0.723. The molecule has 3 aromatic rings. The second-order valence-electron chi connectivity index (χ2n) is 7.96. The number of hydrogen-bond donors (Lipinski definition) is 1. The van der Waals surface area contributed by atoms with Gasteiger partial charge < -0.3 is 14.8 Å². The molecule has 156 valence electrons. The smallest absolute Gasteiger partial charge is 0.243 e. The zero-order valence-electron chi connectivity index (χ0n) is 17.2. The summed E-state index contributed by atoms with van der Waals surface area (Å²) < 4.78 is 28.7. The van der Waals surface area contributed by atoms with Gasteiger partial charge in [0.1, 0.15) is 35.5 Å². The third kappa shape index (κ3) is 3.44. The fourth-order valence-electron chi connectivity index (χ4n) is 3.96. The number of nitrogens with one attached hydrogen (secondary N) is 1. The Morgan fingerprint density at radius 1 is 1.03 bits per heavy atom. The quantitative estimate of drug-likeness (QED) is 0.640. The standard InChI is InChI=1S/C23H24F2N4O/c1-4-13-29-19(30)14-28-21(26-18-11-9-17(25)10-12-18)20(27-22(28)23(29,2)3)15-5-7-16(24)8-6-15/h5-12,26H,4,13-14H2,1-3H3. The number of amides is 1. The van der Waals surface area contributed by atoms with Crippen molar-refractivity contribution in [1.29, 1.82) is 0 Å². The maximum absolute atomic E-state index is 13.5. The fourth-order valence-corrected chi connectivity index (χ4v) is 3.96. The van der Waals surface area contributed by atoms with Crippen molar-refractivity contribution in [2.75, 3.05) is 11.9 Å². The molecule has 4 rings (SSSR count). The highest BCUT2D eigenvalue weighted by molar-refractivity contribution is 5.83. The molecule has 1 aromatic heterocycles. The van der Waals surface area contributed by atoms with Gasteiger partial charge >= 0.3 is 0 Å². The first kappa shape index (κ1) is 20.1. The lowest BCUT2D eigenvalue weighted by molar-refractivity contribution is -0.140. The van der Waals surface area contributed by atoms with Crippen molar-refractivity contribution in [2.24, 2.45) is 0 Å². The van der Waals surface area contributed by atoms with E-state index in [1.54, 1.807) is 24.3 Å². The van der Waals surface area contributed by atoms with Crippen LogP contribution in [0.25, 0.3) is 11.3 Å². The van der Waals surface area contributed by atoms with E-state index in [-0.39, 0.29) is 24.1 Å². The zero-order valence-corrected chi connectivity index (χ0v) is 17.2. The topological polar surface area (TPSA) is 50.2 Å². The molecule has 2 aromatic carbocycles. The predicted octanol–water partition coefficient (Wildman–Crippen LogP) is 5.06. The number of halogens is 2. The molecular weight excluding hydrogens is 386 g/mol. The number of carbonyl (C=O) groups is 1. The highest BCUT2D eigenvalue weighted by atomic mass is 19.1. The van der Waals surface area contributed by atoms with Crippen LogP contribution in [0.4, 0.5) is 20.3 Å². The van der Waals surface area contributed by atoms with Gasteiger partial charge in [0, 0.05) is 17.8 Å². The first-order chi connectivity index (χ1) is 14.3. The Hall–Kier alpha value is -3.22. The molecule has 0 saturated heterocycles. The molecule has 1 aliphatic heterocycles. The molecule has 0 aliphatic carbocycles. The molecule has 30 heavy (non-hydrogen) atoms. The maximum atomic E-state index is 13.5. The van der Waals surface area contributed by atoms with Gasteiger partial charge in [-0.1, -0.05) is 6.92 Å². The van der Waals surface area contributed by atoms with Gasteiger partial charge in [-0.2, -0.15) is 0 Å². The minimum absolute atomic E-state index is 0.0135. The lowest BCUT2D eigenvalue weighted by Crippen LogP contribution is -2.52. The lowest BCUT2D eigenvalue weighted by Gasteiger charge is -2.42. The van der Waals surface area contributed by atoms with Crippen LogP contribution in [0, 0.1) is 11.6 Å². The summed E-state index contributed by atoms with van der Waals surface area (Å²) in [5, 5.41) is 3.30. The molecule has 0 saturated carbocycles. The molecule has 1 amide bonds. The Labute approximate surface area is 174 Å². The van der Waals surface area contributed by atoms with E-state index in [9.17, 15) is 13.6 Å². The summed E-state index contributed by atoms with van der Waals surface area (Å²) in [5.41, 5.74) is 1.41. The van der Waals surface area contributed by atoms with E-state index >= 15 is 0 Å². The summed E-state index contributed by atoms with van der Waals surface area (Å²) in [7, 11) is 0. The van der Waals surface area contributed by atoms with Gasteiger partial charge in [-0.15, -0.1) is 0 Å². The number of rotatable bonds is 5. The van der Waals surface area contributed by atoms with Crippen molar-refractivity contribution < 1.29 is 13.6 Å². The molecule has 0 atom stereocenters. The summed E-state index contributed by atoms with van der Waals surface area (Å²) >= 11 is 0. The summed E-state index contributed by atoms with van der Waals surface area (Å²) in [4.78, 5) is 19.7. The third-order valence-electron chi connectivity index (χ3n) is 5.46. The third-order valence-corrected chi connectivity index (χ3v) is 5.46. The molecule has 0 fully saturated rings. The van der Waals surface area contributed by atoms with Crippen LogP contribution in [0.1, 0.15) is 33.0 Å².